The molecule has 0 bridgehead atoms. The standard InChI is InChI=1S/C17H14O3S.Rb/c1-11(2)13-9-10-15-14-6-4-3-5-12(14)7-8-16(15)17(13)21(18,19)20;/h3-10H,1H2,2H3,(H,18,19,20);/q;+1/p-1. The summed E-state index contributed by atoms with van der Waals surface area (Å²) in [5, 5.41) is 3.13. The van der Waals surface area contributed by atoms with E-state index in [0.29, 0.717) is 16.5 Å². The molecule has 0 saturated carbocycles. The zero-order chi connectivity index (χ0) is 15.2. The van der Waals surface area contributed by atoms with Gasteiger partial charge in [0.1, 0.15) is 10.1 Å². The second-order valence-corrected chi connectivity index (χ2v) is 6.38. The normalized spacial score (nSPS) is 11.4. The van der Waals surface area contributed by atoms with Gasteiger partial charge in [-0.25, -0.2) is 8.42 Å². The van der Waals surface area contributed by atoms with E-state index in [1.54, 1.807) is 19.1 Å². The third-order valence-corrected chi connectivity index (χ3v) is 4.53. The van der Waals surface area contributed by atoms with Crippen molar-refractivity contribution in [2.75, 3.05) is 0 Å². The summed E-state index contributed by atoms with van der Waals surface area (Å²) in [4.78, 5) is -0.182. The van der Waals surface area contributed by atoms with Crippen LogP contribution in [0.5, 0.6) is 0 Å². The summed E-state index contributed by atoms with van der Waals surface area (Å²) in [5.74, 6) is 0. The van der Waals surface area contributed by atoms with Crippen LogP contribution in [0.1, 0.15) is 12.5 Å². The van der Waals surface area contributed by atoms with Crippen LogP contribution in [-0.4, -0.2) is 13.0 Å². The third kappa shape index (κ3) is 3.14. The zero-order valence-electron chi connectivity index (χ0n) is 12.5. The first-order valence-electron chi connectivity index (χ1n) is 6.46. The molecular weight excluding hydrogens is 370 g/mol. The van der Waals surface area contributed by atoms with Crippen molar-refractivity contribution in [3.05, 3.63) is 60.7 Å². The van der Waals surface area contributed by atoms with Crippen LogP contribution in [0.2, 0.25) is 0 Å². The van der Waals surface area contributed by atoms with Gasteiger partial charge in [0.05, 0.1) is 4.90 Å². The van der Waals surface area contributed by atoms with Gasteiger partial charge in [-0.05, 0) is 34.2 Å². The molecule has 0 radical (unpaired) electrons. The van der Waals surface area contributed by atoms with Crippen LogP contribution in [0.3, 0.4) is 0 Å². The number of benzene rings is 3. The van der Waals surface area contributed by atoms with Crippen LogP contribution < -0.4 is 58.2 Å². The van der Waals surface area contributed by atoms with Crippen LogP contribution in [0.25, 0.3) is 27.1 Å². The van der Waals surface area contributed by atoms with Gasteiger partial charge in [0.15, 0.2) is 0 Å². The summed E-state index contributed by atoms with van der Waals surface area (Å²) >= 11 is 0. The zero-order valence-corrected chi connectivity index (χ0v) is 18.2. The Labute approximate surface area is 178 Å². The molecule has 3 rings (SSSR count). The van der Waals surface area contributed by atoms with Crippen molar-refractivity contribution in [3.8, 4) is 0 Å². The van der Waals surface area contributed by atoms with E-state index in [-0.39, 0.29) is 63.1 Å². The van der Waals surface area contributed by atoms with Crippen LogP contribution in [0.15, 0.2) is 60.0 Å². The summed E-state index contributed by atoms with van der Waals surface area (Å²) in [6.07, 6.45) is 0. The topological polar surface area (TPSA) is 57.2 Å². The Morgan fingerprint density at radius 3 is 2.23 bits per heavy atom. The monoisotopic (exact) mass is 382 g/mol. The van der Waals surface area contributed by atoms with Gasteiger partial charge < -0.3 is 4.55 Å². The average Bonchev–Trinajstić information content (AvgIpc) is 2.44. The van der Waals surface area contributed by atoms with Crippen LogP contribution >= 0.6 is 0 Å². The Morgan fingerprint density at radius 2 is 1.59 bits per heavy atom. The molecule has 0 aliphatic heterocycles. The number of allylic oxidation sites excluding steroid dienone is 1. The van der Waals surface area contributed by atoms with E-state index in [9.17, 15) is 13.0 Å². The molecule has 0 unspecified atom stereocenters. The summed E-state index contributed by atoms with van der Waals surface area (Å²) in [7, 11) is -4.58. The molecule has 0 aliphatic carbocycles. The molecule has 106 valence electrons. The average molecular weight is 383 g/mol. The number of rotatable bonds is 2. The summed E-state index contributed by atoms with van der Waals surface area (Å²) in [6, 6.07) is 14.7. The van der Waals surface area contributed by atoms with E-state index in [1.165, 1.54) is 0 Å². The molecule has 0 saturated heterocycles. The molecule has 5 heteroatoms. The van der Waals surface area contributed by atoms with Crippen molar-refractivity contribution in [2.24, 2.45) is 0 Å². The van der Waals surface area contributed by atoms with Crippen molar-refractivity contribution in [2.45, 2.75) is 11.8 Å². The van der Waals surface area contributed by atoms with Gasteiger partial charge in [-0.3, -0.25) is 0 Å². The Morgan fingerprint density at radius 1 is 0.955 bits per heavy atom. The van der Waals surface area contributed by atoms with Gasteiger partial charge in [0.25, 0.3) is 0 Å². The minimum absolute atomic E-state index is 0. The fourth-order valence-electron chi connectivity index (χ4n) is 2.67. The van der Waals surface area contributed by atoms with E-state index < -0.39 is 10.1 Å². The van der Waals surface area contributed by atoms with Gasteiger partial charge in [-0.15, -0.1) is 0 Å². The summed E-state index contributed by atoms with van der Waals surface area (Å²) in [6.45, 7) is 5.46. The predicted octanol–water partition coefficient (Wildman–Crippen LogP) is 0.934. The minimum Gasteiger partial charge on any atom is -0.744 e. The predicted molar refractivity (Wildman–Crippen MR) is 84.1 cm³/mol. The molecular formula is C17H13O3RbS. The van der Waals surface area contributed by atoms with E-state index >= 15 is 0 Å². The molecule has 22 heavy (non-hydrogen) atoms. The first kappa shape index (κ1) is 18.0. The van der Waals surface area contributed by atoms with Crippen molar-refractivity contribution >= 4 is 37.2 Å². The molecule has 0 spiro atoms. The molecule has 0 N–H and O–H groups in total. The quantitative estimate of drug-likeness (QED) is 0.489. The molecule has 0 aromatic heterocycles. The minimum atomic E-state index is -4.58. The molecule has 0 atom stereocenters. The largest absolute Gasteiger partial charge is 1.00 e. The molecule has 0 aliphatic rings. The Bertz CT molecular complexity index is 991. The van der Waals surface area contributed by atoms with Gasteiger partial charge in [-0.1, -0.05) is 55.1 Å². The molecule has 0 amide bonds. The maximum absolute atomic E-state index is 11.7. The fourth-order valence-corrected chi connectivity index (χ4v) is 3.62. The Hall–Kier alpha value is -0.365. The van der Waals surface area contributed by atoms with Gasteiger partial charge in [0.2, 0.25) is 0 Å². The van der Waals surface area contributed by atoms with Crippen molar-refractivity contribution in [1.29, 1.82) is 0 Å². The van der Waals surface area contributed by atoms with E-state index in [0.717, 1.165) is 16.2 Å². The summed E-state index contributed by atoms with van der Waals surface area (Å²) in [5.41, 5.74) is 0.937. The second-order valence-electron chi connectivity index (χ2n) is 5.06. The maximum Gasteiger partial charge on any atom is 1.00 e. The smallest absolute Gasteiger partial charge is 0.744 e. The molecule has 3 aromatic carbocycles. The maximum atomic E-state index is 11.7. The number of hydrogen-bond donors (Lipinski definition) is 0. The molecule has 0 fully saturated rings. The van der Waals surface area contributed by atoms with Gasteiger partial charge in [-0.2, -0.15) is 0 Å². The van der Waals surface area contributed by atoms with E-state index in [4.69, 9.17) is 0 Å². The Balaban J connectivity index is 0.00000176. The van der Waals surface area contributed by atoms with Crippen LogP contribution in [-0.2, 0) is 10.1 Å². The molecule has 3 aromatic rings. The van der Waals surface area contributed by atoms with Crippen LogP contribution in [0.4, 0.5) is 0 Å². The van der Waals surface area contributed by atoms with Crippen LogP contribution in [0, 0.1) is 0 Å². The van der Waals surface area contributed by atoms with Crippen molar-refractivity contribution in [3.63, 3.8) is 0 Å². The molecule has 3 nitrogen and oxygen atoms in total. The summed E-state index contributed by atoms with van der Waals surface area (Å²) < 4.78 is 35.1. The first-order valence-corrected chi connectivity index (χ1v) is 7.86. The van der Waals surface area contributed by atoms with E-state index in [2.05, 4.69) is 6.58 Å². The molecule has 0 heterocycles. The SMILES string of the molecule is C=C(C)c1ccc2c(ccc3ccccc32)c1S(=O)(=O)[O-].[Rb+]. The Kier molecular flexibility index (Phi) is 5.42. The third-order valence-electron chi connectivity index (χ3n) is 3.59. The number of hydrogen-bond acceptors (Lipinski definition) is 3. The van der Waals surface area contributed by atoms with Crippen molar-refractivity contribution < 1.29 is 71.2 Å². The first-order chi connectivity index (χ1) is 9.89. The van der Waals surface area contributed by atoms with Gasteiger partial charge in [0, 0.05) is 5.39 Å². The van der Waals surface area contributed by atoms with Gasteiger partial charge >= 0.3 is 58.2 Å². The fraction of sp³-hybridized carbons (Fsp3) is 0.0588. The second kappa shape index (κ2) is 6.63. The number of fused-ring (bicyclic) bond motifs is 3. The van der Waals surface area contributed by atoms with E-state index in [1.807, 2.05) is 36.4 Å². The van der Waals surface area contributed by atoms with Crippen molar-refractivity contribution in [1.82, 2.24) is 0 Å².